The van der Waals surface area contributed by atoms with Crippen molar-refractivity contribution >= 4 is 17.3 Å². The monoisotopic (exact) mass is 261 g/mol. The SMILES string of the molecule is CC(=CCN)c1ccc(SC2CCCCC2)cc1. The highest BCUT2D eigenvalue weighted by Crippen LogP contribution is 2.33. The van der Waals surface area contributed by atoms with E-state index in [1.165, 1.54) is 48.1 Å². The van der Waals surface area contributed by atoms with Crippen molar-refractivity contribution in [3.8, 4) is 0 Å². The summed E-state index contributed by atoms with van der Waals surface area (Å²) in [5.74, 6) is 0. The molecule has 0 unspecified atom stereocenters. The molecule has 98 valence electrons. The Morgan fingerprint density at radius 2 is 1.89 bits per heavy atom. The van der Waals surface area contributed by atoms with E-state index in [-0.39, 0.29) is 0 Å². The Morgan fingerprint density at radius 3 is 2.50 bits per heavy atom. The fourth-order valence-electron chi connectivity index (χ4n) is 2.47. The molecule has 1 aromatic carbocycles. The third-order valence-electron chi connectivity index (χ3n) is 3.59. The van der Waals surface area contributed by atoms with Gasteiger partial charge in [-0.05, 0) is 43.0 Å². The van der Waals surface area contributed by atoms with E-state index in [2.05, 4.69) is 49.0 Å². The van der Waals surface area contributed by atoms with Crippen LogP contribution in [0.4, 0.5) is 0 Å². The molecule has 0 radical (unpaired) electrons. The molecule has 0 spiro atoms. The molecule has 2 N–H and O–H groups in total. The Bertz CT molecular complexity index is 388. The van der Waals surface area contributed by atoms with E-state index in [4.69, 9.17) is 5.73 Å². The summed E-state index contributed by atoms with van der Waals surface area (Å²) in [7, 11) is 0. The van der Waals surface area contributed by atoms with E-state index in [0.29, 0.717) is 6.54 Å². The van der Waals surface area contributed by atoms with Gasteiger partial charge < -0.3 is 5.73 Å². The van der Waals surface area contributed by atoms with Crippen LogP contribution in [0.5, 0.6) is 0 Å². The second-order valence-corrected chi connectivity index (χ2v) is 6.40. The molecular weight excluding hydrogens is 238 g/mol. The van der Waals surface area contributed by atoms with Gasteiger partial charge in [-0.3, -0.25) is 0 Å². The number of hydrogen-bond donors (Lipinski definition) is 1. The highest BCUT2D eigenvalue weighted by molar-refractivity contribution is 8.00. The Morgan fingerprint density at radius 1 is 1.22 bits per heavy atom. The van der Waals surface area contributed by atoms with Crippen LogP contribution in [-0.4, -0.2) is 11.8 Å². The van der Waals surface area contributed by atoms with Gasteiger partial charge in [-0.1, -0.05) is 37.5 Å². The second kappa shape index (κ2) is 7.01. The van der Waals surface area contributed by atoms with E-state index in [1.807, 2.05) is 0 Å². The summed E-state index contributed by atoms with van der Waals surface area (Å²) in [5.41, 5.74) is 8.10. The van der Waals surface area contributed by atoms with Crippen LogP contribution in [0.3, 0.4) is 0 Å². The minimum absolute atomic E-state index is 0.615. The van der Waals surface area contributed by atoms with Gasteiger partial charge in [0.05, 0.1) is 0 Å². The van der Waals surface area contributed by atoms with Gasteiger partial charge >= 0.3 is 0 Å². The number of thioether (sulfide) groups is 1. The molecule has 1 saturated carbocycles. The molecule has 1 aliphatic rings. The van der Waals surface area contributed by atoms with Crippen molar-refractivity contribution in [3.05, 3.63) is 35.9 Å². The molecule has 1 aromatic rings. The quantitative estimate of drug-likeness (QED) is 0.865. The maximum absolute atomic E-state index is 5.54. The van der Waals surface area contributed by atoms with Crippen LogP contribution in [-0.2, 0) is 0 Å². The lowest BCUT2D eigenvalue weighted by molar-refractivity contribution is 0.516. The maximum atomic E-state index is 5.54. The van der Waals surface area contributed by atoms with Gasteiger partial charge in [-0.15, -0.1) is 11.8 Å². The highest BCUT2D eigenvalue weighted by atomic mass is 32.2. The molecule has 0 atom stereocenters. The van der Waals surface area contributed by atoms with Crippen LogP contribution >= 0.6 is 11.8 Å². The Kier molecular flexibility index (Phi) is 5.33. The smallest absolute Gasteiger partial charge is 0.0112 e. The normalized spacial score (nSPS) is 18.0. The zero-order chi connectivity index (χ0) is 12.8. The van der Waals surface area contributed by atoms with E-state index in [9.17, 15) is 0 Å². The molecule has 0 aromatic heterocycles. The topological polar surface area (TPSA) is 26.0 Å². The maximum Gasteiger partial charge on any atom is 0.0112 e. The van der Waals surface area contributed by atoms with Crippen molar-refractivity contribution in [2.24, 2.45) is 5.73 Å². The summed E-state index contributed by atoms with van der Waals surface area (Å²) in [6.45, 7) is 2.74. The first kappa shape index (κ1) is 13.7. The molecular formula is C16H23NS. The second-order valence-electron chi connectivity index (χ2n) is 5.03. The first-order valence-corrected chi connectivity index (χ1v) is 7.81. The number of rotatable bonds is 4. The van der Waals surface area contributed by atoms with Crippen LogP contribution in [0.15, 0.2) is 35.2 Å². The summed E-state index contributed by atoms with van der Waals surface area (Å²) in [6.07, 6.45) is 9.10. The summed E-state index contributed by atoms with van der Waals surface area (Å²) in [6, 6.07) is 8.93. The minimum Gasteiger partial charge on any atom is -0.327 e. The van der Waals surface area contributed by atoms with Crippen molar-refractivity contribution < 1.29 is 0 Å². The van der Waals surface area contributed by atoms with Crippen LogP contribution in [0.2, 0.25) is 0 Å². The van der Waals surface area contributed by atoms with E-state index in [1.54, 1.807) is 0 Å². The summed E-state index contributed by atoms with van der Waals surface area (Å²) in [5, 5.41) is 0.838. The average molecular weight is 261 g/mol. The molecule has 0 amide bonds. The first-order valence-electron chi connectivity index (χ1n) is 6.93. The van der Waals surface area contributed by atoms with E-state index in [0.717, 1.165) is 5.25 Å². The van der Waals surface area contributed by atoms with Crippen molar-refractivity contribution in [2.45, 2.75) is 49.2 Å². The predicted octanol–water partition coefficient (Wildman–Crippen LogP) is 4.47. The fourth-order valence-corrected chi connectivity index (χ4v) is 3.71. The minimum atomic E-state index is 0.615. The molecule has 2 rings (SSSR count). The van der Waals surface area contributed by atoms with Gasteiger partial charge in [-0.25, -0.2) is 0 Å². The van der Waals surface area contributed by atoms with E-state index < -0.39 is 0 Å². The molecule has 0 aliphatic heterocycles. The number of benzene rings is 1. The van der Waals surface area contributed by atoms with Gasteiger partial charge in [0, 0.05) is 16.7 Å². The number of hydrogen-bond acceptors (Lipinski definition) is 2. The van der Waals surface area contributed by atoms with Gasteiger partial charge in [-0.2, -0.15) is 0 Å². The zero-order valence-corrected chi connectivity index (χ0v) is 12.0. The largest absolute Gasteiger partial charge is 0.327 e. The highest BCUT2D eigenvalue weighted by Gasteiger charge is 2.14. The molecule has 1 nitrogen and oxygen atoms in total. The van der Waals surface area contributed by atoms with Gasteiger partial charge in [0.1, 0.15) is 0 Å². The summed E-state index contributed by atoms with van der Waals surface area (Å²) in [4.78, 5) is 1.41. The van der Waals surface area contributed by atoms with Gasteiger partial charge in [0.2, 0.25) is 0 Å². The lowest BCUT2D eigenvalue weighted by Gasteiger charge is -2.20. The standard InChI is InChI=1S/C16H23NS/c1-13(11-12-17)14-7-9-16(10-8-14)18-15-5-3-2-4-6-15/h7-11,15H,2-6,12,17H2,1H3. The molecule has 0 saturated heterocycles. The third kappa shape index (κ3) is 3.89. The fraction of sp³-hybridized carbons (Fsp3) is 0.500. The Labute approximate surface area is 115 Å². The van der Waals surface area contributed by atoms with Crippen molar-refractivity contribution in [1.29, 1.82) is 0 Å². The molecule has 1 fully saturated rings. The van der Waals surface area contributed by atoms with Crippen LogP contribution in [0, 0.1) is 0 Å². The lowest BCUT2D eigenvalue weighted by Crippen LogP contribution is -2.07. The van der Waals surface area contributed by atoms with Crippen molar-refractivity contribution in [3.63, 3.8) is 0 Å². The average Bonchev–Trinajstić information content (AvgIpc) is 2.41. The van der Waals surface area contributed by atoms with Crippen molar-refractivity contribution in [1.82, 2.24) is 0 Å². The first-order chi connectivity index (χ1) is 8.79. The zero-order valence-electron chi connectivity index (χ0n) is 11.2. The molecule has 2 heteroatoms. The Balaban J connectivity index is 1.96. The predicted molar refractivity (Wildman–Crippen MR) is 81.9 cm³/mol. The lowest BCUT2D eigenvalue weighted by atomic mass is 10.0. The summed E-state index contributed by atoms with van der Waals surface area (Å²) >= 11 is 2.05. The van der Waals surface area contributed by atoms with Gasteiger partial charge in [0.15, 0.2) is 0 Å². The number of nitrogens with two attached hydrogens (primary N) is 1. The van der Waals surface area contributed by atoms with Crippen molar-refractivity contribution in [2.75, 3.05) is 6.54 Å². The Hall–Kier alpha value is -0.730. The number of allylic oxidation sites excluding steroid dienone is 1. The molecule has 0 bridgehead atoms. The summed E-state index contributed by atoms with van der Waals surface area (Å²) < 4.78 is 0. The van der Waals surface area contributed by atoms with Crippen LogP contribution in [0.25, 0.3) is 5.57 Å². The molecule has 0 heterocycles. The van der Waals surface area contributed by atoms with E-state index >= 15 is 0 Å². The molecule has 1 aliphatic carbocycles. The van der Waals surface area contributed by atoms with Crippen LogP contribution < -0.4 is 5.73 Å². The third-order valence-corrected chi connectivity index (χ3v) is 4.94. The molecule has 18 heavy (non-hydrogen) atoms. The van der Waals surface area contributed by atoms with Gasteiger partial charge in [0.25, 0.3) is 0 Å². The van der Waals surface area contributed by atoms with Crippen LogP contribution in [0.1, 0.15) is 44.6 Å².